The predicted octanol–water partition coefficient (Wildman–Crippen LogP) is 4.03. The summed E-state index contributed by atoms with van der Waals surface area (Å²) < 4.78 is 11.1. The van der Waals surface area contributed by atoms with Gasteiger partial charge in [0.1, 0.15) is 23.9 Å². The second kappa shape index (κ2) is 8.23. The minimum Gasteiger partial charge on any atom is -0.507 e. The number of ether oxygens (including phenoxy) is 1. The number of nitrogens with one attached hydrogen (secondary N) is 1. The molecule has 138 valence electrons. The van der Waals surface area contributed by atoms with Crippen LogP contribution in [0.15, 0.2) is 70.2 Å². The molecule has 1 heterocycles. The molecular formula is C21H20N2O4. The maximum absolute atomic E-state index is 12.2. The fourth-order valence-corrected chi connectivity index (χ4v) is 2.44. The lowest BCUT2D eigenvalue weighted by Gasteiger charge is -2.05. The van der Waals surface area contributed by atoms with Crippen molar-refractivity contribution in [3.05, 3.63) is 83.3 Å². The number of furan rings is 1. The maximum Gasteiger partial charge on any atom is 0.307 e. The number of amides is 1. The van der Waals surface area contributed by atoms with Crippen LogP contribution in [0, 0.1) is 6.92 Å². The van der Waals surface area contributed by atoms with E-state index in [-0.39, 0.29) is 18.1 Å². The number of aryl methyl sites for hydroxylation is 1. The second-order valence-electron chi connectivity index (χ2n) is 6.03. The van der Waals surface area contributed by atoms with E-state index in [1.807, 2.05) is 37.3 Å². The average molecular weight is 364 g/mol. The van der Waals surface area contributed by atoms with E-state index in [1.165, 1.54) is 0 Å². The molecule has 3 rings (SSSR count). The molecule has 0 saturated carbocycles. The van der Waals surface area contributed by atoms with E-state index in [4.69, 9.17) is 9.15 Å². The number of rotatable bonds is 6. The van der Waals surface area contributed by atoms with Gasteiger partial charge in [-0.15, -0.1) is 0 Å². The van der Waals surface area contributed by atoms with Crippen molar-refractivity contribution in [2.45, 2.75) is 20.5 Å². The Bertz CT molecular complexity index is 961. The molecule has 0 spiro atoms. The number of hydrogen-bond donors (Lipinski definition) is 2. The molecule has 0 atom stereocenters. The lowest BCUT2D eigenvalue weighted by molar-refractivity contribution is 0.0923. The van der Waals surface area contributed by atoms with Gasteiger partial charge in [0.15, 0.2) is 5.76 Å². The Morgan fingerprint density at radius 2 is 1.93 bits per heavy atom. The molecule has 0 bridgehead atoms. The van der Waals surface area contributed by atoms with Crippen LogP contribution in [0.5, 0.6) is 11.5 Å². The van der Waals surface area contributed by atoms with Crippen molar-refractivity contribution in [1.29, 1.82) is 0 Å². The van der Waals surface area contributed by atoms with Crippen molar-refractivity contribution in [3.63, 3.8) is 0 Å². The van der Waals surface area contributed by atoms with Gasteiger partial charge in [-0.25, -0.2) is 5.43 Å². The molecule has 2 N–H and O–H groups in total. The first-order valence-corrected chi connectivity index (χ1v) is 8.44. The second-order valence-corrected chi connectivity index (χ2v) is 6.03. The number of phenols is 1. The van der Waals surface area contributed by atoms with Crippen LogP contribution < -0.4 is 10.2 Å². The summed E-state index contributed by atoms with van der Waals surface area (Å²) in [5.41, 5.74) is 4.47. The van der Waals surface area contributed by atoms with Crippen LogP contribution in [-0.4, -0.2) is 16.7 Å². The molecule has 1 amide bonds. The highest BCUT2D eigenvalue weighted by Gasteiger charge is 2.12. The van der Waals surface area contributed by atoms with Gasteiger partial charge in [0.2, 0.25) is 0 Å². The molecule has 0 radical (unpaired) electrons. The third-order valence-corrected chi connectivity index (χ3v) is 3.88. The molecule has 3 aromatic rings. The van der Waals surface area contributed by atoms with E-state index in [2.05, 4.69) is 10.5 Å². The lowest BCUT2D eigenvalue weighted by Crippen LogP contribution is -2.18. The monoisotopic (exact) mass is 364 g/mol. The summed E-state index contributed by atoms with van der Waals surface area (Å²) in [5.74, 6) is 1.01. The molecule has 0 saturated heterocycles. The highest BCUT2D eigenvalue weighted by molar-refractivity contribution is 6.02. The third kappa shape index (κ3) is 4.76. The van der Waals surface area contributed by atoms with E-state index in [1.54, 1.807) is 37.3 Å². The number of hydrazone groups is 1. The predicted molar refractivity (Wildman–Crippen MR) is 102 cm³/mol. The van der Waals surface area contributed by atoms with Crippen LogP contribution in [0.25, 0.3) is 0 Å². The summed E-state index contributed by atoms with van der Waals surface area (Å²) in [6.45, 7) is 3.84. The van der Waals surface area contributed by atoms with Crippen LogP contribution in [0.1, 0.15) is 34.4 Å². The van der Waals surface area contributed by atoms with Gasteiger partial charge in [0.05, 0.1) is 5.71 Å². The molecule has 0 fully saturated rings. The molecule has 2 aromatic carbocycles. The van der Waals surface area contributed by atoms with Crippen molar-refractivity contribution in [2.75, 3.05) is 0 Å². The highest BCUT2D eigenvalue weighted by Crippen LogP contribution is 2.19. The van der Waals surface area contributed by atoms with Crippen molar-refractivity contribution in [1.82, 2.24) is 5.43 Å². The average Bonchev–Trinajstić information content (AvgIpc) is 3.16. The first-order valence-electron chi connectivity index (χ1n) is 8.44. The largest absolute Gasteiger partial charge is 0.507 e. The Hall–Kier alpha value is -3.54. The number of carbonyl (C=O) groups is 1. The summed E-state index contributed by atoms with van der Waals surface area (Å²) in [6.07, 6.45) is 0. The Morgan fingerprint density at radius 1 is 1.15 bits per heavy atom. The van der Waals surface area contributed by atoms with Gasteiger partial charge < -0.3 is 14.3 Å². The first kappa shape index (κ1) is 18.3. The summed E-state index contributed by atoms with van der Waals surface area (Å²) in [6, 6.07) is 17.8. The molecule has 1 aromatic heterocycles. The van der Waals surface area contributed by atoms with E-state index >= 15 is 0 Å². The normalized spacial score (nSPS) is 11.3. The van der Waals surface area contributed by atoms with Gasteiger partial charge in [-0.2, -0.15) is 5.10 Å². The minimum atomic E-state index is -0.479. The molecule has 0 aliphatic heterocycles. The van der Waals surface area contributed by atoms with Gasteiger partial charge in [-0.3, -0.25) is 4.79 Å². The molecular weight excluding hydrogens is 344 g/mol. The molecule has 0 aliphatic rings. The fraction of sp³-hybridized carbons (Fsp3) is 0.143. The van der Waals surface area contributed by atoms with Gasteiger partial charge >= 0.3 is 5.91 Å². The molecule has 6 heteroatoms. The summed E-state index contributed by atoms with van der Waals surface area (Å²) in [7, 11) is 0. The number of aromatic hydroxyl groups is 1. The number of phenolic OH excluding ortho intramolecular Hbond substituents is 1. The number of nitrogens with zero attached hydrogens (tertiary/aromatic N) is 1. The SMILES string of the molecule is C/C(=N\NC(=O)c1ccc(COc2ccccc2)o1)c1cc(C)ccc1O. The standard InChI is InChI=1S/C21H20N2O4/c1-14-8-10-19(24)18(12-14)15(2)22-23-21(25)20-11-9-17(27-20)13-26-16-6-4-3-5-7-16/h3-12,24H,13H2,1-2H3,(H,23,25)/b22-15+. The zero-order valence-corrected chi connectivity index (χ0v) is 15.1. The van der Waals surface area contributed by atoms with Crippen LogP contribution >= 0.6 is 0 Å². The van der Waals surface area contributed by atoms with Crippen LogP contribution in [0.3, 0.4) is 0 Å². The van der Waals surface area contributed by atoms with Gasteiger partial charge in [-0.1, -0.05) is 29.8 Å². The topological polar surface area (TPSA) is 84.1 Å². The number of para-hydroxylation sites is 1. The Kier molecular flexibility index (Phi) is 5.56. The Labute approximate surface area is 157 Å². The van der Waals surface area contributed by atoms with Gasteiger partial charge in [0.25, 0.3) is 0 Å². The maximum atomic E-state index is 12.2. The van der Waals surface area contributed by atoms with Crippen molar-refractivity contribution >= 4 is 11.6 Å². The molecule has 0 unspecified atom stereocenters. The summed E-state index contributed by atoms with van der Waals surface area (Å²) in [5, 5.41) is 14.0. The molecule has 27 heavy (non-hydrogen) atoms. The van der Waals surface area contributed by atoms with E-state index in [0.29, 0.717) is 17.0 Å². The van der Waals surface area contributed by atoms with Crippen LogP contribution in [0.4, 0.5) is 0 Å². The van der Waals surface area contributed by atoms with E-state index in [9.17, 15) is 9.90 Å². The van der Waals surface area contributed by atoms with Crippen molar-refractivity contribution < 1.29 is 19.1 Å². The van der Waals surface area contributed by atoms with Gasteiger partial charge in [-0.05, 0) is 50.2 Å². The van der Waals surface area contributed by atoms with E-state index < -0.39 is 5.91 Å². The summed E-state index contributed by atoms with van der Waals surface area (Å²) in [4.78, 5) is 12.2. The number of carbonyl (C=O) groups excluding carboxylic acids is 1. The smallest absolute Gasteiger partial charge is 0.307 e. The fourth-order valence-electron chi connectivity index (χ4n) is 2.44. The van der Waals surface area contributed by atoms with E-state index in [0.717, 1.165) is 11.3 Å². The molecule has 0 aliphatic carbocycles. The van der Waals surface area contributed by atoms with Crippen molar-refractivity contribution in [3.8, 4) is 11.5 Å². The zero-order chi connectivity index (χ0) is 19.2. The van der Waals surface area contributed by atoms with Crippen LogP contribution in [-0.2, 0) is 6.61 Å². The molecule has 6 nitrogen and oxygen atoms in total. The first-order chi connectivity index (χ1) is 13.0. The quantitative estimate of drug-likeness (QED) is 0.511. The Morgan fingerprint density at radius 3 is 2.70 bits per heavy atom. The number of benzene rings is 2. The van der Waals surface area contributed by atoms with Crippen LogP contribution in [0.2, 0.25) is 0 Å². The highest BCUT2D eigenvalue weighted by atomic mass is 16.5. The summed E-state index contributed by atoms with van der Waals surface area (Å²) >= 11 is 0. The minimum absolute atomic E-state index is 0.106. The third-order valence-electron chi connectivity index (χ3n) is 3.88. The number of hydrogen-bond acceptors (Lipinski definition) is 5. The zero-order valence-electron chi connectivity index (χ0n) is 15.1. The van der Waals surface area contributed by atoms with Crippen molar-refractivity contribution in [2.24, 2.45) is 5.10 Å². The lowest BCUT2D eigenvalue weighted by atomic mass is 10.1. The van der Waals surface area contributed by atoms with Gasteiger partial charge in [0, 0.05) is 5.56 Å². The Balaban J connectivity index is 1.61.